The number of halogens is 1. The summed E-state index contributed by atoms with van der Waals surface area (Å²) in [6, 6.07) is 3.91. The number of benzene rings is 1. The van der Waals surface area contributed by atoms with Gasteiger partial charge in [0.25, 0.3) is 0 Å². The van der Waals surface area contributed by atoms with Gasteiger partial charge in [0.1, 0.15) is 0 Å². The van der Waals surface area contributed by atoms with Gasteiger partial charge in [-0.1, -0.05) is 6.07 Å². The van der Waals surface area contributed by atoms with Crippen molar-refractivity contribution in [1.29, 1.82) is 0 Å². The van der Waals surface area contributed by atoms with E-state index in [-0.39, 0.29) is 5.82 Å². The van der Waals surface area contributed by atoms with Gasteiger partial charge in [-0.15, -0.1) is 0 Å². The molecule has 0 atom stereocenters. The fourth-order valence-electron chi connectivity index (χ4n) is 2.03. The molecular formula is C13H14FNO. The molecule has 84 valence electrons. The van der Waals surface area contributed by atoms with Crippen molar-refractivity contribution in [2.45, 2.75) is 32.4 Å². The molecule has 0 amide bonds. The molecule has 16 heavy (non-hydrogen) atoms. The molecule has 1 saturated carbocycles. The van der Waals surface area contributed by atoms with E-state index in [4.69, 9.17) is 4.42 Å². The van der Waals surface area contributed by atoms with Gasteiger partial charge < -0.3 is 9.73 Å². The Balaban J connectivity index is 2.00. The van der Waals surface area contributed by atoms with Crippen molar-refractivity contribution in [2.24, 2.45) is 0 Å². The molecule has 0 aliphatic heterocycles. The van der Waals surface area contributed by atoms with E-state index in [0.29, 0.717) is 11.6 Å². The monoisotopic (exact) mass is 219 g/mol. The molecule has 0 bridgehead atoms. The number of fused-ring (bicyclic) bond motifs is 1. The Morgan fingerprint density at radius 2 is 2.25 bits per heavy atom. The van der Waals surface area contributed by atoms with Crippen LogP contribution in [0.3, 0.4) is 0 Å². The summed E-state index contributed by atoms with van der Waals surface area (Å²) in [5.74, 6) is -0.279. The SMILES string of the molecule is Cc1ccc(F)c2occ(CNC3CC3)c12. The summed E-state index contributed by atoms with van der Waals surface area (Å²) in [5.41, 5.74) is 2.50. The van der Waals surface area contributed by atoms with Gasteiger partial charge in [0.2, 0.25) is 0 Å². The quantitative estimate of drug-likeness (QED) is 0.858. The van der Waals surface area contributed by atoms with Gasteiger partial charge in [-0.05, 0) is 31.4 Å². The maximum absolute atomic E-state index is 13.5. The molecule has 0 unspecified atom stereocenters. The van der Waals surface area contributed by atoms with Gasteiger partial charge >= 0.3 is 0 Å². The predicted octanol–water partition coefficient (Wildman–Crippen LogP) is 3.13. The van der Waals surface area contributed by atoms with E-state index in [9.17, 15) is 4.39 Å². The lowest BCUT2D eigenvalue weighted by molar-refractivity contribution is 0.555. The van der Waals surface area contributed by atoms with Crippen LogP contribution < -0.4 is 5.32 Å². The molecule has 3 heteroatoms. The third-order valence-corrected chi connectivity index (χ3v) is 3.12. The van der Waals surface area contributed by atoms with Crippen molar-refractivity contribution in [3.05, 3.63) is 35.3 Å². The van der Waals surface area contributed by atoms with Crippen LogP contribution in [-0.2, 0) is 6.54 Å². The van der Waals surface area contributed by atoms with Crippen LogP contribution in [0, 0.1) is 12.7 Å². The Morgan fingerprint density at radius 1 is 1.44 bits per heavy atom. The number of hydrogen-bond donors (Lipinski definition) is 1. The van der Waals surface area contributed by atoms with E-state index >= 15 is 0 Å². The van der Waals surface area contributed by atoms with Crippen LogP contribution in [0.4, 0.5) is 4.39 Å². The fraction of sp³-hybridized carbons (Fsp3) is 0.385. The minimum Gasteiger partial charge on any atom is -0.461 e. The topological polar surface area (TPSA) is 25.2 Å². The second-order valence-electron chi connectivity index (χ2n) is 4.48. The zero-order valence-corrected chi connectivity index (χ0v) is 9.22. The Labute approximate surface area is 93.4 Å². The third-order valence-electron chi connectivity index (χ3n) is 3.12. The van der Waals surface area contributed by atoms with Crippen molar-refractivity contribution in [2.75, 3.05) is 0 Å². The zero-order chi connectivity index (χ0) is 11.1. The number of nitrogens with one attached hydrogen (secondary N) is 1. The van der Waals surface area contributed by atoms with E-state index < -0.39 is 0 Å². The lowest BCUT2D eigenvalue weighted by Gasteiger charge is -2.02. The summed E-state index contributed by atoms with van der Waals surface area (Å²) in [4.78, 5) is 0. The van der Waals surface area contributed by atoms with E-state index in [1.54, 1.807) is 12.3 Å². The number of furan rings is 1. The molecule has 2 nitrogen and oxygen atoms in total. The Bertz CT molecular complexity index is 528. The maximum atomic E-state index is 13.5. The van der Waals surface area contributed by atoms with E-state index in [1.807, 2.05) is 6.92 Å². The van der Waals surface area contributed by atoms with Crippen LogP contribution in [-0.4, -0.2) is 6.04 Å². The molecule has 0 radical (unpaired) electrons. The van der Waals surface area contributed by atoms with Crippen LogP contribution >= 0.6 is 0 Å². The smallest absolute Gasteiger partial charge is 0.170 e. The van der Waals surface area contributed by atoms with E-state index in [1.165, 1.54) is 18.9 Å². The van der Waals surface area contributed by atoms with Crippen molar-refractivity contribution in [3.63, 3.8) is 0 Å². The molecular weight excluding hydrogens is 205 g/mol. The summed E-state index contributed by atoms with van der Waals surface area (Å²) in [7, 11) is 0. The highest BCUT2D eigenvalue weighted by Crippen LogP contribution is 2.28. The molecule has 1 aromatic carbocycles. The van der Waals surface area contributed by atoms with Crippen molar-refractivity contribution < 1.29 is 8.81 Å². The average molecular weight is 219 g/mol. The maximum Gasteiger partial charge on any atom is 0.170 e. The van der Waals surface area contributed by atoms with E-state index in [2.05, 4.69) is 5.32 Å². The van der Waals surface area contributed by atoms with Crippen LogP contribution in [0.25, 0.3) is 11.0 Å². The summed E-state index contributed by atoms with van der Waals surface area (Å²) in [6.45, 7) is 2.75. The molecule has 1 aliphatic carbocycles. The van der Waals surface area contributed by atoms with Gasteiger partial charge in [-0.2, -0.15) is 0 Å². The lowest BCUT2D eigenvalue weighted by atomic mass is 10.1. The number of hydrogen-bond acceptors (Lipinski definition) is 2. The van der Waals surface area contributed by atoms with Crippen LogP contribution in [0.1, 0.15) is 24.0 Å². The summed E-state index contributed by atoms with van der Waals surface area (Å²) >= 11 is 0. The first-order chi connectivity index (χ1) is 7.75. The first-order valence-corrected chi connectivity index (χ1v) is 5.64. The van der Waals surface area contributed by atoms with E-state index in [0.717, 1.165) is 23.1 Å². The molecule has 1 aromatic heterocycles. The number of rotatable bonds is 3. The minimum atomic E-state index is -0.279. The molecule has 2 aromatic rings. The molecule has 1 fully saturated rings. The predicted molar refractivity (Wildman–Crippen MR) is 60.8 cm³/mol. The highest BCUT2D eigenvalue weighted by Gasteiger charge is 2.21. The molecule has 0 spiro atoms. The van der Waals surface area contributed by atoms with Gasteiger partial charge in [0.05, 0.1) is 6.26 Å². The zero-order valence-electron chi connectivity index (χ0n) is 9.22. The second-order valence-corrected chi connectivity index (χ2v) is 4.48. The third kappa shape index (κ3) is 1.61. The Kier molecular flexibility index (Phi) is 2.21. The molecule has 1 heterocycles. The normalized spacial score (nSPS) is 15.9. The van der Waals surface area contributed by atoms with Crippen molar-refractivity contribution >= 4 is 11.0 Å². The Hall–Kier alpha value is -1.35. The van der Waals surface area contributed by atoms with Gasteiger partial charge in [-0.3, -0.25) is 0 Å². The highest BCUT2D eigenvalue weighted by molar-refractivity contribution is 5.84. The van der Waals surface area contributed by atoms with Gasteiger partial charge in [0.15, 0.2) is 11.4 Å². The fourth-order valence-corrected chi connectivity index (χ4v) is 2.03. The summed E-state index contributed by atoms with van der Waals surface area (Å²) in [6.07, 6.45) is 4.17. The molecule has 0 saturated heterocycles. The molecule has 1 N–H and O–H groups in total. The first kappa shape index (κ1) is 9.85. The van der Waals surface area contributed by atoms with Crippen LogP contribution in [0.2, 0.25) is 0 Å². The average Bonchev–Trinajstić information content (AvgIpc) is 3.00. The second kappa shape index (κ2) is 3.59. The number of aryl methyl sites for hydroxylation is 1. The lowest BCUT2D eigenvalue weighted by Crippen LogP contribution is -2.14. The molecule has 1 aliphatic rings. The first-order valence-electron chi connectivity index (χ1n) is 5.64. The minimum absolute atomic E-state index is 0.279. The van der Waals surface area contributed by atoms with Crippen molar-refractivity contribution in [1.82, 2.24) is 5.32 Å². The van der Waals surface area contributed by atoms with Gasteiger partial charge in [-0.25, -0.2) is 4.39 Å². The van der Waals surface area contributed by atoms with Gasteiger partial charge in [0, 0.05) is 23.5 Å². The molecule has 3 rings (SSSR count). The highest BCUT2D eigenvalue weighted by atomic mass is 19.1. The van der Waals surface area contributed by atoms with Crippen molar-refractivity contribution in [3.8, 4) is 0 Å². The standard InChI is InChI=1S/C13H14FNO/c1-8-2-5-11(14)13-12(8)9(7-16-13)6-15-10-3-4-10/h2,5,7,10,15H,3-4,6H2,1H3. The summed E-state index contributed by atoms with van der Waals surface area (Å²) in [5, 5.41) is 4.34. The largest absolute Gasteiger partial charge is 0.461 e. The Morgan fingerprint density at radius 3 is 3.00 bits per heavy atom. The summed E-state index contributed by atoms with van der Waals surface area (Å²) < 4.78 is 18.8. The van der Waals surface area contributed by atoms with Crippen LogP contribution in [0.5, 0.6) is 0 Å². The van der Waals surface area contributed by atoms with Crippen LogP contribution in [0.15, 0.2) is 22.8 Å².